The lowest BCUT2D eigenvalue weighted by Crippen LogP contribution is -1.94. The number of fused-ring (bicyclic) bond motifs is 2. The van der Waals surface area contributed by atoms with Crippen LogP contribution in [-0.4, -0.2) is 37.4 Å². The number of aromatic amines is 2. The van der Waals surface area contributed by atoms with Gasteiger partial charge >= 0.3 is 0 Å². The maximum absolute atomic E-state index is 4.25. The summed E-state index contributed by atoms with van der Waals surface area (Å²) < 4.78 is 0. The van der Waals surface area contributed by atoms with E-state index in [0.29, 0.717) is 5.65 Å². The van der Waals surface area contributed by atoms with E-state index in [1.54, 1.807) is 6.20 Å². The fourth-order valence-corrected chi connectivity index (χ4v) is 2.43. The van der Waals surface area contributed by atoms with Crippen molar-refractivity contribution in [3.8, 4) is 11.3 Å². The van der Waals surface area contributed by atoms with Crippen LogP contribution in [0.25, 0.3) is 33.2 Å². The van der Waals surface area contributed by atoms with E-state index in [0.717, 1.165) is 33.4 Å². The Morgan fingerprint density at radius 1 is 1.15 bits per heavy atom. The second-order valence-corrected chi connectivity index (χ2v) is 4.41. The molecule has 0 unspecified atom stereocenters. The van der Waals surface area contributed by atoms with Crippen LogP contribution in [0.15, 0.2) is 30.7 Å². The first kappa shape index (κ1) is 10.9. The summed E-state index contributed by atoms with van der Waals surface area (Å²) in [6.45, 7) is 0. The molecule has 0 amide bonds. The van der Waals surface area contributed by atoms with Gasteiger partial charge in [-0.25, -0.2) is 9.97 Å². The monoisotopic (exact) mass is 265 g/mol. The lowest BCUT2D eigenvalue weighted by Gasteiger charge is -2.04. The highest BCUT2D eigenvalue weighted by Crippen LogP contribution is 2.33. The Morgan fingerprint density at radius 3 is 3.00 bits per heavy atom. The number of nitrogens with zero attached hydrogens (tertiary/aromatic N) is 4. The molecule has 98 valence electrons. The predicted octanol–water partition coefficient (Wildman–Crippen LogP) is 1.94. The van der Waals surface area contributed by atoms with Gasteiger partial charge in [0.05, 0.1) is 22.8 Å². The Morgan fingerprint density at radius 2 is 2.10 bits per heavy atom. The van der Waals surface area contributed by atoms with Gasteiger partial charge < -0.3 is 5.32 Å². The molecule has 0 aliphatic rings. The molecule has 0 aliphatic heterocycles. The molecule has 0 radical (unpaired) electrons. The molecule has 0 saturated heterocycles. The fraction of sp³-hybridized carbons (Fsp3) is 0.0769. The minimum atomic E-state index is 0.639. The zero-order valence-corrected chi connectivity index (χ0v) is 10.7. The van der Waals surface area contributed by atoms with Crippen molar-refractivity contribution in [2.24, 2.45) is 0 Å². The van der Waals surface area contributed by atoms with Gasteiger partial charge in [0, 0.05) is 18.0 Å². The van der Waals surface area contributed by atoms with Crippen LogP contribution in [0.1, 0.15) is 0 Å². The molecule has 3 N–H and O–H groups in total. The molecule has 0 saturated carbocycles. The van der Waals surface area contributed by atoms with Crippen molar-refractivity contribution in [2.45, 2.75) is 0 Å². The molecule has 0 fully saturated rings. The third-order valence-electron chi connectivity index (χ3n) is 3.34. The van der Waals surface area contributed by atoms with Crippen LogP contribution >= 0.6 is 0 Å². The Labute approximate surface area is 113 Å². The molecule has 4 aromatic rings. The Bertz CT molecular complexity index is 905. The van der Waals surface area contributed by atoms with Crippen molar-refractivity contribution in [3.63, 3.8) is 0 Å². The molecule has 1 aromatic carbocycles. The van der Waals surface area contributed by atoms with Crippen LogP contribution < -0.4 is 5.32 Å². The topological polar surface area (TPSA) is 95.2 Å². The number of H-pyrrole nitrogens is 2. The zero-order valence-electron chi connectivity index (χ0n) is 10.7. The van der Waals surface area contributed by atoms with E-state index in [-0.39, 0.29) is 0 Å². The zero-order chi connectivity index (χ0) is 13.5. The average molecular weight is 265 g/mol. The van der Waals surface area contributed by atoms with E-state index in [1.807, 2.05) is 25.2 Å². The van der Waals surface area contributed by atoms with Crippen LogP contribution in [0.5, 0.6) is 0 Å². The number of benzene rings is 1. The maximum atomic E-state index is 4.25. The number of nitrogens with one attached hydrogen (secondary N) is 3. The Hall–Kier alpha value is -2.96. The predicted molar refractivity (Wildman–Crippen MR) is 76.3 cm³/mol. The number of hydrogen-bond acceptors (Lipinski definition) is 5. The standard InChI is InChI=1S/C13H11N7/c1-14-12-10-11(19-20-13(10)16-6-15-12)7-3-2-4-9-8(7)5-17-18-9/h2-6H,1H3,(H,17,18)(H2,14,15,16,19,20). The number of anilines is 1. The third-order valence-corrected chi connectivity index (χ3v) is 3.34. The van der Waals surface area contributed by atoms with Gasteiger partial charge in [-0.05, 0) is 6.07 Å². The molecule has 20 heavy (non-hydrogen) atoms. The van der Waals surface area contributed by atoms with Gasteiger partial charge in [-0.15, -0.1) is 0 Å². The summed E-state index contributed by atoms with van der Waals surface area (Å²) in [5, 5.41) is 19.3. The highest BCUT2D eigenvalue weighted by atomic mass is 15.2. The van der Waals surface area contributed by atoms with Gasteiger partial charge in [-0.2, -0.15) is 10.2 Å². The molecule has 7 heteroatoms. The Balaban J connectivity index is 2.10. The summed E-state index contributed by atoms with van der Waals surface area (Å²) in [7, 11) is 1.83. The van der Waals surface area contributed by atoms with Crippen molar-refractivity contribution >= 4 is 27.8 Å². The van der Waals surface area contributed by atoms with Gasteiger partial charge in [-0.1, -0.05) is 12.1 Å². The summed E-state index contributed by atoms with van der Waals surface area (Å²) >= 11 is 0. The number of rotatable bonds is 2. The first-order chi connectivity index (χ1) is 9.88. The van der Waals surface area contributed by atoms with Crippen LogP contribution in [-0.2, 0) is 0 Å². The maximum Gasteiger partial charge on any atom is 0.186 e. The van der Waals surface area contributed by atoms with Crippen molar-refractivity contribution in [2.75, 3.05) is 12.4 Å². The molecular formula is C13H11N7. The van der Waals surface area contributed by atoms with Crippen LogP contribution in [0.2, 0.25) is 0 Å². The minimum absolute atomic E-state index is 0.639. The van der Waals surface area contributed by atoms with E-state index in [2.05, 4.69) is 35.7 Å². The summed E-state index contributed by atoms with van der Waals surface area (Å²) in [5.41, 5.74) is 3.52. The van der Waals surface area contributed by atoms with Gasteiger partial charge in [0.15, 0.2) is 5.65 Å². The molecule has 3 aromatic heterocycles. The quantitative estimate of drug-likeness (QED) is 0.515. The smallest absolute Gasteiger partial charge is 0.186 e. The summed E-state index contributed by atoms with van der Waals surface area (Å²) in [4.78, 5) is 8.43. The first-order valence-corrected chi connectivity index (χ1v) is 6.18. The van der Waals surface area contributed by atoms with E-state index in [1.165, 1.54) is 6.33 Å². The molecule has 3 heterocycles. The van der Waals surface area contributed by atoms with Gasteiger partial charge in [-0.3, -0.25) is 10.2 Å². The van der Waals surface area contributed by atoms with Gasteiger partial charge in [0.25, 0.3) is 0 Å². The van der Waals surface area contributed by atoms with Crippen molar-refractivity contribution < 1.29 is 0 Å². The third kappa shape index (κ3) is 1.40. The van der Waals surface area contributed by atoms with E-state index < -0.39 is 0 Å². The van der Waals surface area contributed by atoms with Gasteiger partial charge in [0.2, 0.25) is 0 Å². The number of hydrogen-bond donors (Lipinski definition) is 3. The lowest BCUT2D eigenvalue weighted by molar-refractivity contribution is 1.09. The average Bonchev–Trinajstić information content (AvgIpc) is 3.12. The highest BCUT2D eigenvalue weighted by molar-refractivity contribution is 6.05. The van der Waals surface area contributed by atoms with Crippen LogP contribution in [0, 0.1) is 0 Å². The second-order valence-electron chi connectivity index (χ2n) is 4.41. The normalized spacial score (nSPS) is 11.2. The van der Waals surface area contributed by atoms with Gasteiger partial charge in [0.1, 0.15) is 12.1 Å². The van der Waals surface area contributed by atoms with Crippen LogP contribution in [0.4, 0.5) is 5.82 Å². The molecule has 4 rings (SSSR count). The summed E-state index contributed by atoms with van der Waals surface area (Å²) in [6.07, 6.45) is 3.30. The lowest BCUT2D eigenvalue weighted by atomic mass is 10.1. The SMILES string of the molecule is CNc1ncnc2n[nH]c(-c3cccc4[nH]ncc34)c12. The van der Waals surface area contributed by atoms with Crippen molar-refractivity contribution in [3.05, 3.63) is 30.7 Å². The molecule has 0 atom stereocenters. The molecular weight excluding hydrogens is 254 g/mol. The van der Waals surface area contributed by atoms with E-state index in [4.69, 9.17) is 0 Å². The second kappa shape index (κ2) is 4.02. The number of aromatic nitrogens is 6. The van der Waals surface area contributed by atoms with E-state index >= 15 is 0 Å². The fourth-order valence-electron chi connectivity index (χ4n) is 2.43. The van der Waals surface area contributed by atoms with E-state index in [9.17, 15) is 0 Å². The molecule has 0 aliphatic carbocycles. The highest BCUT2D eigenvalue weighted by Gasteiger charge is 2.15. The largest absolute Gasteiger partial charge is 0.372 e. The van der Waals surface area contributed by atoms with Crippen LogP contribution in [0.3, 0.4) is 0 Å². The molecule has 0 bridgehead atoms. The van der Waals surface area contributed by atoms with Crippen molar-refractivity contribution in [1.82, 2.24) is 30.4 Å². The first-order valence-electron chi connectivity index (χ1n) is 6.18. The van der Waals surface area contributed by atoms with Crippen molar-refractivity contribution in [1.29, 1.82) is 0 Å². The Kier molecular flexibility index (Phi) is 2.19. The molecule has 0 spiro atoms. The summed E-state index contributed by atoms with van der Waals surface area (Å²) in [6, 6.07) is 5.99. The molecule has 7 nitrogen and oxygen atoms in total. The summed E-state index contributed by atoms with van der Waals surface area (Å²) in [5.74, 6) is 0.749. The minimum Gasteiger partial charge on any atom is -0.372 e.